The van der Waals surface area contributed by atoms with Crippen molar-refractivity contribution in [3.8, 4) is 5.82 Å². The lowest BCUT2D eigenvalue weighted by atomic mass is 9.77. The molecular formula is C21H25N7O4. The quantitative estimate of drug-likeness (QED) is 0.652. The minimum Gasteiger partial charge on any atom is -0.453 e. The fourth-order valence-electron chi connectivity index (χ4n) is 4.84. The highest BCUT2D eigenvalue weighted by molar-refractivity contribution is 5.91. The summed E-state index contributed by atoms with van der Waals surface area (Å²) in [5, 5.41) is 21.7. The second kappa shape index (κ2) is 8.06. The van der Waals surface area contributed by atoms with Crippen LogP contribution in [0, 0.1) is 5.41 Å². The molecule has 3 aliphatic heterocycles. The van der Waals surface area contributed by atoms with Gasteiger partial charge in [-0.1, -0.05) is 6.07 Å². The van der Waals surface area contributed by atoms with Crippen molar-refractivity contribution in [3.05, 3.63) is 42.0 Å². The summed E-state index contributed by atoms with van der Waals surface area (Å²) in [5.74, 6) is 0.288. The Morgan fingerprint density at radius 1 is 1.22 bits per heavy atom. The molecule has 0 radical (unpaired) electrons. The number of carbonyl (C=O) groups excluding carboxylic acids is 2. The average Bonchev–Trinajstić information content (AvgIpc) is 3.51. The van der Waals surface area contributed by atoms with Crippen molar-refractivity contribution in [2.24, 2.45) is 5.41 Å². The van der Waals surface area contributed by atoms with Crippen molar-refractivity contribution in [2.45, 2.75) is 38.4 Å². The first kappa shape index (κ1) is 20.7. The van der Waals surface area contributed by atoms with Gasteiger partial charge in [0.15, 0.2) is 5.82 Å². The smallest absolute Gasteiger partial charge is 0.333 e. The van der Waals surface area contributed by atoms with Gasteiger partial charge in [-0.2, -0.15) is 4.68 Å². The molecule has 168 valence electrons. The molecule has 0 aliphatic carbocycles. The summed E-state index contributed by atoms with van der Waals surface area (Å²) < 4.78 is 6.61. The lowest BCUT2D eigenvalue weighted by Crippen LogP contribution is -2.45. The number of rotatable bonds is 5. The number of piperidine rings is 1. The highest BCUT2D eigenvalue weighted by Crippen LogP contribution is 2.44. The molecule has 0 aromatic carbocycles. The fourth-order valence-corrected chi connectivity index (χ4v) is 4.84. The van der Waals surface area contributed by atoms with Crippen molar-refractivity contribution in [2.75, 3.05) is 26.2 Å². The number of aromatic nitrogens is 5. The molecule has 1 N–H and O–H groups in total. The number of pyridine rings is 1. The second-order valence-corrected chi connectivity index (χ2v) is 8.66. The van der Waals surface area contributed by atoms with Gasteiger partial charge in [0.2, 0.25) is 5.91 Å². The van der Waals surface area contributed by atoms with E-state index in [1.807, 2.05) is 6.07 Å². The predicted octanol–water partition coefficient (Wildman–Crippen LogP) is 0.234. The Bertz CT molecular complexity index is 1030. The summed E-state index contributed by atoms with van der Waals surface area (Å²) in [6.07, 6.45) is 5.73. The Morgan fingerprint density at radius 3 is 2.62 bits per heavy atom. The van der Waals surface area contributed by atoms with E-state index < -0.39 is 6.10 Å². The third kappa shape index (κ3) is 3.67. The number of aliphatic hydroxyl groups excluding tert-OH is 1. The van der Waals surface area contributed by atoms with Crippen LogP contribution in [0.15, 0.2) is 36.4 Å². The number of likely N-dealkylation sites (tertiary alicyclic amines) is 2. The van der Waals surface area contributed by atoms with E-state index in [0.717, 1.165) is 37.9 Å². The van der Waals surface area contributed by atoms with Gasteiger partial charge in [0.05, 0.1) is 17.2 Å². The third-order valence-electron chi connectivity index (χ3n) is 6.78. The van der Waals surface area contributed by atoms with Crippen molar-refractivity contribution in [3.63, 3.8) is 0 Å². The number of hydrogen-bond donors (Lipinski definition) is 1. The number of ether oxygens (including phenoxy) is 1. The van der Waals surface area contributed by atoms with Crippen LogP contribution in [0.25, 0.3) is 5.82 Å². The number of nitrogens with zero attached hydrogens (tertiary/aromatic N) is 7. The Labute approximate surface area is 184 Å². The normalized spacial score (nSPS) is 24.1. The maximum Gasteiger partial charge on any atom is 0.333 e. The first-order valence-electron chi connectivity index (χ1n) is 10.8. The molecule has 1 unspecified atom stereocenters. The van der Waals surface area contributed by atoms with Crippen LogP contribution in [0.4, 0.5) is 0 Å². The summed E-state index contributed by atoms with van der Waals surface area (Å²) in [6, 6.07) is 3.58. The molecule has 32 heavy (non-hydrogen) atoms. The van der Waals surface area contributed by atoms with Gasteiger partial charge in [-0.3, -0.25) is 4.79 Å². The van der Waals surface area contributed by atoms with Crippen LogP contribution in [0.1, 0.15) is 37.9 Å². The standard InChI is InChI=1S/C21H25N7O4/c1-14-16(10-19(30)32-14)27-9-6-21(20(27)31)4-7-26(8-5-21)12-17(29)15-2-3-18(22-11-15)28-13-23-24-25-28/h2-3,10-11,13-14,17,29H,4-9,12H2,1H3/t14?,17-/m1/s1. The van der Waals surface area contributed by atoms with Gasteiger partial charge in [-0.15, -0.1) is 5.10 Å². The SMILES string of the molecule is CC1OC(=O)C=C1N1CCC2(CCN(C[C@@H](O)c3ccc(-n4cnnn4)nc3)CC2)C1=O. The number of cyclic esters (lactones) is 1. The Balaban J connectivity index is 1.18. The summed E-state index contributed by atoms with van der Waals surface area (Å²) in [5.41, 5.74) is 1.01. The zero-order chi connectivity index (χ0) is 22.3. The molecule has 1 spiro atoms. The predicted molar refractivity (Wildman–Crippen MR) is 110 cm³/mol. The van der Waals surface area contributed by atoms with Gasteiger partial charge in [0.1, 0.15) is 12.4 Å². The number of aliphatic hydroxyl groups is 1. The number of carbonyl (C=O) groups is 2. The van der Waals surface area contributed by atoms with E-state index in [-0.39, 0.29) is 23.4 Å². The average molecular weight is 439 g/mol. The zero-order valence-corrected chi connectivity index (χ0v) is 17.8. The molecular weight excluding hydrogens is 414 g/mol. The number of esters is 1. The largest absolute Gasteiger partial charge is 0.453 e. The summed E-state index contributed by atoms with van der Waals surface area (Å²) in [6.45, 7) is 4.36. The van der Waals surface area contributed by atoms with Crippen molar-refractivity contribution >= 4 is 11.9 Å². The third-order valence-corrected chi connectivity index (χ3v) is 6.78. The fraction of sp³-hybridized carbons (Fsp3) is 0.524. The van der Waals surface area contributed by atoms with Crippen LogP contribution in [0.5, 0.6) is 0 Å². The minimum atomic E-state index is -0.678. The zero-order valence-electron chi connectivity index (χ0n) is 17.8. The van der Waals surface area contributed by atoms with Gasteiger partial charge in [0.25, 0.3) is 0 Å². The van der Waals surface area contributed by atoms with E-state index in [9.17, 15) is 14.7 Å². The molecule has 1 amide bonds. The van der Waals surface area contributed by atoms with Gasteiger partial charge < -0.3 is 19.6 Å². The maximum atomic E-state index is 13.2. The molecule has 2 atom stereocenters. The van der Waals surface area contributed by atoms with Gasteiger partial charge in [0, 0.05) is 30.9 Å². The highest BCUT2D eigenvalue weighted by atomic mass is 16.5. The van der Waals surface area contributed by atoms with Crippen LogP contribution in [0.2, 0.25) is 0 Å². The summed E-state index contributed by atoms with van der Waals surface area (Å²) in [7, 11) is 0. The Kier molecular flexibility index (Phi) is 5.22. The lowest BCUT2D eigenvalue weighted by molar-refractivity contribution is -0.141. The van der Waals surface area contributed by atoms with Gasteiger partial charge in [-0.25, -0.2) is 9.78 Å². The van der Waals surface area contributed by atoms with E-state index in [2.05, 4.69) is 25.4 Å². The molecule has 5 rings (SSSR count). The molecule has 11 nitrogen and oxygen atoms in total. The second-order valence-electron chi connectivity index (χ2n) is 8.66. The van der Waals surface area contributed by atoms with E-state index in [1.54, 1.807) is 24.1 Å². The van der Waals surface area contributed by atoms with Crippen LogP contribution < -0.4 is 0 Å². The molecule has 0 saturated carbocycles. The van der Waals surface area contributed by atoms with E-state index in [4.69, 9.17) is 4.74 Å². The number of β-amino-alcohol motifs (C(OH)–C–C–N with tert-alkyl or cyclic N) is 1. The Morgan fingerprint density at radius 2 is 2.00 bits per heavy atom. The van der Waals surface area contributed by atoms with E-state index in [1.165, 1.54) is 17.1 Å². The van der Waals surface area contributed by atoms with Crippen molar-refractivity contribution in [1.82, 2.24) is 35.0 Å². The van der Waals surface area contributed by atoms with Gasteiger partial charge in [-0.05, 0) is 55.8 Å². The topological polar surface area (TPSA) is 127 Å². The molecule has 2 aromatic heterocycles. The molecule has 11 heteroatoms. The number of hydrogen-bond acceptors (Lipinski definition) is 9. The van der Waals surface area contributed by atoms with Gasteiger partial charge >= 0.3 is 5.97 Å². The number of amides is 1. The van der Waals surface area contributed by atoms with Crippen molar-refractivity contribution in [1.29, 1.82) is 0 Å². The van der Waals surface area contributed by atoms with E-state index >= 15 is 0 Å². The minimum absolute atomic E-state index is 0.0940. The molecule has 3 aliphatic rings. The monoisotopic (exact) mass is 439 g/mol. The first-order chi connectivity index (χ1) is 15.4. The van der Waals surface area contributed by atoms with Crippen molar-refractivity contribution < 1.29 is 19.4 Å². The molecule has 5 heterocycles. The van der Waals surface area contributed by atoms with Crippen LogP contribution >= 0.6 is 0 Å². The Hall–Kier alpha value is -3.18. The maximum absolute atomic E-state index is 13.2. The first-order valence-corrected chi connectivity index (χ1v) is 10.8. The summed E-state index contributed by atoms with van der Waals surface area (Å²) in [4.78, 5) is 33.0. The van der Waals surface area contributed by atoms with Crippen LogP contribution in [-0.4, -0.2) is 84.3 Å². The molecule has 2 fully saturated rings. The highest BCUT2D eigenvalue weighted by Gasteiger charge is 2.50. The molecule has 2 saturated heterocycles. The summed E-state index contributed by atoms with van der Waals surface area (Å²) >= 11 is 0. The van der Waals surface area contributed by atoms with Crippen LogP contribution in [-0.2, 0) is 14.3 Å². The van der Waals surface area contributed by atoms with E-state index in [0.29, 0.717) is 24.6 Å². The lowest BCUT2D eigenvalue weighted by Gasteiger charge is -2.38. The molecule has 0 bridgehead atoms. The van der Waals surface area contributed by atoms with Crippen LogP contribution in [0.3, 0.4) is 0 Å². The molecule has 2 aromatic rings. The number of tetrazole rings is 1.